The lowest BCUT2D eigenvalue weighted by Gasteiger charge is -2.38. The number of thiophene rings is 1. The molecule has 0 aliphatic carbocycles. The third kappa shape index (κ3) is 3.11. The summed E-state index contributed by atoms with van der Waals surface area (Å²) in [5, 5.41) is 6.91. The molecule has 136 valence electrons. The van der Waals surface area contributed by atoms with E-state index in [1.54, 1.807) is 23.5 Å². The van der Waals surface area contributed by atoms with Crippen molar-refractivity contribution in [2.75, 3.05) is 0 Å². The third-order valence-electron chi connectivity index (χ3n) is 4.76. The van der Waals surface area contributed by atoms with Crippen molar-refractivity contribution >= 4 is 48.9 Å². The molecule has 0 N–H and O–H groups in total. The molecule has 0 saturated carbocycles. The van der Waals surface area contributed by atoms with Crippen LogP contribution in [-0.2, 0) is 0 Å². The predicted molar refractivity (Wildman–Crippen MR) is 112 cm³/mol. The van der Waals surface area contributed by atoms with Gasteiger partial charge in [0.2, 0.25) is 6.23 Å². The minimum absolute atomic E-state index is 0.0807. The molecule has 2 aliphatic rings. The van der Waals surface area contributed by atoms with Crippen molar-refractivity contribution in [2.45, 2.75) is 18.7 Å². The number of hydrazone groups is 1. The molecule has 2 aliphatic heterocycles. The smallest absolute Gasteiger partial charge is 0.213 e. The zero-order valence-electron chi connectivity index (χ0n) is 13.9. The topological polar surface area (TPSA) is 24.8 Å². The summed E-state index contributed by atoms with van der Waals surface area (Å²) in [6.07, 6.45) is 0.419. The highest BCUT2D eigenvalue weighted by atomic mass is 79.9. The van der Waals surface area contributed by atoms with Gasteiger partial charge in [0.25, 0.3) is 0 Å². The van der Waals surface area contributed by atoms with Crippen molar-refractivity contribution in [1.82, 2.24) is 5.01 Å². The SMILES string of the molecule is Fc1ccc([C@@H]2Oc3ccc(Br)cc3[C@@H]3CC(c4ccc(Br)s4)=NN32)cc1. The number of nitrogens with zero attached hydrogens (tertiary/aromatic N) is 2. The Morgan fingerprint density at radius 2 is 1.89 bits per heavy atom. The van der Waals surface area contributed by atoms with E-state index in [9.17, 15) is 4.39 Å². The van der Waals surface area contributed by atoms with Gasteiger partial charge in [-0.3, -0.25) is 0 Å². The van der Waals surface area contributed by atoms with Crippen molar-refractivity contribution in [1.29, 1.82) is 0 Å². The lowest BCUT2D eigenvalue weighted by Crippen LogP contribution is -2.33. The molecule has 3 heterocycles. The number of fused-ring (bicyclic) bond motifs is 3. The van der Waals surface area contributed by atoms with Crippen LogP contribution >= 0.6 is 43.2 Å². The maximum atomic E-state index is 13.4. The summed E-state index contributed by atoms with van der Waals surface area (Å²) in [6, 6.07) is 16.7. The first-order chi connectivity index (χ1) is 13.1. The molecule has 7 heteroatoms. The van der Waals surface area contributed by atoms with Crippen LogP contribution in [0.25, 0.3) is 0 Å². The van der Waals surface area contributed by atoms with Crippen LogP contribution in [0.4, 0.5) is 4.39 Å². The fourth-order valence-electron chi connectivity index (χ4n) is 3.52. The summed E-state index contributed by atoms with van der Waals surface area (Å²) in [5.74, 6) is 0.585. The van der Waals surface area contributed by atoms with Gasteiger partial charge in [0.1, 0.15) is 11.6 Å². The van der Waals surface area contributed by atoms with Gasteiger partial charge in [-0.1, -0.05) is 28.1 Å². The van der Waals surface area contributed by atoms with Gasteiger partial charge in [-0.25, -0.2) is 9.40 Å². The highest BCUT2D eigenvalue weighted by Gasteiger charge is 2.41. The molecule has 2 aromatic carbocycles. The van der Waals surface area contributed by atoms with E-state index in [1.807, 2.05) is 23.2 Å². The van der Waals surface area contributed by atoms with Crippen LogP contribution in [-0.4, -0.2) is 10.7 Å². The second kappa shape index (κ2) is 6.72. The van der Waals surface area contributed by atoms with Crippen molar-refractivity contribution < 1.29 is 9.13 Å². The molecule has 27 heavy (non-hydrogen) atoms. The second-order valence-electron chi connectivity index (χ2n) is 6.45. The van der Waals surface area contributed by atoms with E-state index in [1.165, 1.54) is 12.1 Å². The van der Waals surface area contributed by atoms with Crippen molar-refractivity contribution in [3.63, 3.8) is 0 Å². The zero-order chi connectivity index (χ0) is 18.5. The Morgan fingerprint density at radius 1 is 1.07 bits per heavy atom. The average molecular weight is 508 g/mol. The Kier molecular flexibility index (Phi) is 4.33. The normalized spacial score (nSPS) is 20.7. The van der Waals surface area contributed by atoms with Gasteiger partial charge >= 0.3 is 0 Å². The Labute approximate surface area is 176 Å². The first-order valence-corrected chi connectivity index (χ1v) is 10.8. The molecule has 0 amide bonds. The minimum Gasteiger partial charge on any atom is -0.464 e. The fraction of sp³-hybridized carbons (Fsp3) is 0.150. The van der Waals surface area contributed by atoms with Crippen molar-refractivity contribution in [3.8, 4) is 5.75 Å². The van der Waals surface area contributed by atoms with E-state index in [2.05, 4.69) is 44.0 Å². The summed E-state index contributed by atoms with van der Waals surface area (Å²) < 4.78 is 21.8. The van der Waals surface area contributed by atoms with Gasteiger partial charge in [-0.2, -0.15) is 5.10 Å². The van der Waals surface area contributed by atoms with Crippen LogP contribution in [0.2, 0.25) is 0 Å². The number of rotatable bonds is 2. The maximum Gasteiger partial charge on any atom is 0.213 e. The Morgan fingerprint density at radius 3 is 2.63 bits per heavy atom. The molecule has 2 atom stereocenters. The third-order valence-corrected chi connectivity index (χ3v) is 6.93. The molecule has 1 aromatic heterocycles. The van der Waals surface area contributed by atoms with E-state index in [-0.39, 0.29) is 18.1 Å². The molecule has 0 fully saturated rings. The zero-order valence-corrected chi connectivity index (χ0v) is 17.9. The van der Waals surface area contributed by atoms with Gasteiger partial charge in [-0.05, 0) is 58.4 Å². The molecule has 3 nitrogen and oxygen atoms in total. The first kappa shape index (κ1) is 17.4. The molecule has 0 saturated heterocycles. The molecule has 0 bridgehead atoms. The average Bonchev–Trinajstić information content (AvgIpc) is 3.28. The van der Waals surface area contributed by atoms with Crippen LogP contribution in [0.5, 0.6) is 5.75 Å². The van der Waals surface area contributed by atoms with Crippen LogP contribution in [0, 0.1) is 5.82 Å². The van der Waals surface area contributed by atoms with Crippen LogP contribution in [0.15, 0.2) is 68.0 Å². The number of benzene rings is 2. The summed E-state index contributed by atoms with van der Waals surface area (Å²) in [7, 11) is 0. The van der Waals surface area contributed by atoms with Crippen LogP contribution < -0.4 is 4.74 Å². The van der Waals surface area contributed by atoms with Gasteiger partial charge in [0.05, 0.1) is 20.4 Å². The highest BCUT2D eigenvalue weighted by Crippen LogP contribution is 2.48. The minimum atomic E-state index is -0.384. The molecular weight excluding hydrogens is 495 g/mol. The summed E-state index contributed by atoms with van der Waals surface area (Å²) in [4.78, 5) is 1.14. The Balaban J connectivity index is 1.60. The van der Waals surface area contributed by atoms with Gasteiger partial charge in [0, 0.05) is 22.0 Å². The largest absolute Gasteiger partial charge is 0.464 e. The molecule has 0 unspecified atom stereocenters. The van der Waals surface area contributed by atoms with E-state index in [0.29, 0.717) is 0 Å². The fourth-order valence-corrected chi connectivity index (χ4v) is 5.28. The van der Waals surface area contributed by atoms with E-state index < -0.39 is 0 Å². The van der Waals surface area contributed by atoms with Gasteiger partial charge in [-0.15, -0.1) is 11.3 Å². The lowest BCUT2D eigenvalue weighted by molar-refractivity contribution is -0.0191. The Bertz CT molecular complexity index is 1050. The quantitative estimate of drug-likeness (QED) is 0.387. The number of hydrogen-bond donors (Lipinski definition) is 0. The van der Waals surface area contributed by atoms with E-state index in [0.717, 1.165) is 42.1 Å². The second-order valence-corrected chi connectivity index (χ2v) is 9.83. The predicted octanol–water partition coefficient (Wildman–Crippen LogP) is 6.65. The summed E-state index contributed by atoms with van der Waals surface area (Å²) in [5.41, 5.74) is 3.03. The van der Waals surface area contributed by atoms with Crippen LogP contribution in [0.3, 0.4) is 0 Å². The molecule has 3 aromatic rings. The van der Waals surface area contributed by atoms with Crippen LogP contribution in [0.1, 0.15) is 34.7 Å². The van der Waals surface area contributed by atoms with Crippen molar-refractivity contribution in [2.24, 2.45) is 5.10 Å². The van der Waals surface area contributed by atoms with Gasteiger partial charge < -0.3 is 4.74 Å². The molecule has 0 radical (unpaired) electrons. The first-order valence-electron chi connectivity index (χ1n) is 8.41. The van der Waals surface area contributed by atoms with E-state index in [4.69, 9.17) is 9.84 Å². The summed E-state index contributed by atoms with van der Waals surface area (Å²) >= 11 is 8.77. The number of hydrogen-bond acceptors (Lipinski definition) is 4. The van der Waals surface area contributed by atoms with Crippen molar-refractivity contribution in [3.05, 3.63) is 84.7 Å². The monoisotopic (exact) mass is 506 g/mol. The maximum absolute atomic E-state index is 13.4. The Hall–Kier alpha value is -1.70. The number of halogens is 3. The molecule has 5 rings (SSSR count). The number of ether oxygens (including phenoxy) is 1. The standard InChI is InChI=1S/C20H13Br2FN2OS/c21-12-3-6-17-14(9-12)16-10-15(18-7-8-19(22)27-18)24-25(16)20(26-17)11-1-4-13(23)5-2-11/h1-9,16,20H,10H2/t16-,20-/m0/s1. The van der Waals surface area contributed by atoms with E-state index >= 15 is 0 Å². The highest BCUT2D eigenvalue weighted by molar-refractivity contribution is 9.11. The van der Waals surface area contributed by atoms with Gasteiger partial charge in [0.15, 0.2) is 0 Å². The summed E-state index contributed by atoms with van der Waals surface area (Å²) in [6.45, 7) is 0. The lowest BCUT2D eigenvalue weighted by atomic mass is 9.98. The molecular formula is C20H13Br2FN2OS. The molecule has 0 spiro atoms.